The van der Waals surface area contributed by atoms with Crippen molar-refractivity contribution in [3.05, 3.63) is 58.9 Å². The van der Waals surface area contributed by atoms with Crippen molar-refractivity contribution >= 4 is 22.8 Å². The first-order valence-corrected chi connectivity index (χ1v) is 12.3. The molecule has 4 heterocycles. The summed E-state index contributed by atoms with van der Waals surface area (Å²) in [7, 11) is 0. The van der Waals surface area contributed by atoms with Crippen molar-refractivity contribution in [2.45, 2.75) is 45.1 Å². The van der Waals surface area contributed by atoms with Crippen LogP contribution in [0.3, 0.4) is 0 Å². The second kappa shape index (κ2) is 10.3. The molecule has 1 fully saturated rings. The number of carbonyl (C=O) groups excluding carboxylic acids is 2. The van der Waals surface area contributed by atoms with Gasteiger partial charge in [-0.25, -0.2) is 4.98 Å². The quantitative estimate of drug-likeness (QED) is 0.529. The van der Waals surface area contributed by atoms with Gasteiger partial charge in [0.1, 0.15) is 0 Å². The zero-order chi connectivity index (χ0) is 23.3. The number of nitrogens with one attached hydrogen (secondary N) is 2. The molecule has 2 amide bonds. The van der Waals surface area contributed by atoms with Crippen LogP contribution in [0.2, 0.25) is 0 Å². The average molecular weight is 461 g/mol. The lowest BCUT2D eigenvalue weighted by Crippen LogP contribution is -2.37. The number of aromatic amines is 1. The zero-order valence-corrected chi connectivity index (χ0v) is 19.6. The predicted molar refractivity (Wildman–Crippen MR) is 130 cm³/mol. The highest BCUT2D eigenvalue weighted by atomic mass is 16.2. The maximum absolute atomic E-state index is 13.0. The fourth-order valence-corrected chi connectivity index (χ4v) is 5.07. The topological polar surface area (TPSA) is 94.2 Å². The first-order chi connectivity index (χ1) is 16.7. The molecule has 5 rings (SSSR count). The number of hydrogen-bond acceptors (Lipinski definition) is 5. The van der Waals surface area contributed by atoms with Gasteiger partial charge in [-0.2, -0.15) is 5.10 Å². The number of pyridine rings is 1. The highest BCUT2D eigenvalue weighted by Crippen LogP contribution is 2.25. The molecule has 8 nitrogen and oxygen atoms in total. The third kappa shape index (κ3) is 5.12. The molecule has 2 N–H and O–H groups in total. The van der Waals surface area contributed by atoms with Gasteiger partial charge in [0.05, 0.1) is 12.6 Å². The summed E-state index contributed by atoms with van der Waals surface area (Å²) in [5, 5.41) is 11.1. The first kappa shape index (κ1) is 22.5. The van der Waals surface area contributed by atoms with Crippen LogP contribution in [0.5, 0.6) is 0 Å². The van der Waals surface area contributed by atoms with Gasteiger partial charge < -0.3 is 15.1 Å². The zero-order valence-electron chi connectivity index (χ0n) is 19.6. The average Bonchev–Trinajstić information content (AvgIpc) is 3.36. The Balaban J connectivity index is 1.13. The fraction of sp³-hybridized carbons (Fsp3) is 0.462. The van der Waals surface area contributed by atoms with E-state index in [-0.39, 0.29) is 18.2 Å². The largest absolute Gasteiger partial charge is 0.352 e. The van der Waals surface area contributed by atoms with Crippen molar-refractivity contribution in [1.82, 2.24) is 30.3 Å². The molecule has 2 aliphatic rings. The molecule has 1 saturated heterocycles. The standard InChI is InChI=1S/C26H32N6O2/c33-24(32-13-8-22-21(18-32)16-28-25-23(22)17-29-30-25)15-19-6-4-7-20(14-19)26(34)27-9-5-12-31-10-2-1-3-11-31/h4,6-7,14,16-17H,1-3,5,8-13,15,18H2,(H,27,34)(H,28,29,30). The van der Waals surface area contributed by atoms with E-state index in [2.05, 4.69) is 25.4 Å². The van der Waals surface area contributed by atoms with E-state index in [1.54, 1.807) is 0 Å². The predicted octanol–water partition coefficient (Wildman–Crippen LogP) is 2.69. The molecule has 0 saturated carbocycles. The maximum atomic E-state index is 13.0. The van der Waals surface area contributed by atoms with E-state index in [9.17, 15) is 9.59 Å². The van der Waals surface area contributed by atoms with Crippen LogP contribution < -0.4 is 5.32 Å². The second-order valence-electron chi connectivity index (χ2n) is 9.35. The lowest BCUT2D eigenvalue weighted by Gasteiger charge is -2.29. The number of piperidine rings is 1. The van der Waals surface area contributed by atoms with E-state index in [0.717, 1.165) is 41.5 Å². The minimum absolute atomic E-state index is 0.0667. The number of aromatic nitrogens is 3. The molecule has 0 atom stereocenters. The molecule has 0 spiro atoms. The van der Waals surface area contributed by atoms with Crippen molar-refractivity contribution in [2.75, 3.05) is 32.7 Å². The van der Waals surface area contributed by atoms with E-state index in [1.807, 2.05) is 41.6 Å². The number of amides is 2. The summed E-state index contributed by atoms with van der Waals surface area (Å²) < 4.78 is 0. The molecule has 34 heavy (non-hydrogen) atoms. The molecule has 178 valence electrons. The summed E-state index contributed by atoms with van der Waals surface area (Å²) >= 11 is 0. The number of likely N-dealkylation sites (tertiary alicyclic amines) is 1. The smallest absolute Gasteiger partial charge is 0.251 e. The number of H-pyrrole nitrogens is 1. The Bertz CT molecular complexity index is 1170. The number of fused-ring (bicyclic) bond motifs is 3. The minimum Gasteiger partial charge on any atom is -0.352 e. The van der Waals surface area contributed by atoms with Crippen molar-refractivity contribution < 1.29 is 9.59 Å². The Morgan fingerprint density at radius 2 is 1.97 bits per heavy atom. The molecular formula is C26H32N6O2. The van der Waals surface area contributed by atoms with Crippen molar-refractivity contribution in [3.8, 4) is 0 Å². The number of rotatable bonds is 7. The van der Waals surface area contributed by atoms with Crippen molar-refractivity contribution in [1.29, 1.82) is 0 Å². The molecule has 1 aromatic carbocycles. The summed E-state index contributed by atoms with van der Waals surface area (Å²) in [4.78, 5) is 34.4. The molecule has 3 aromatic rings. The van der Waals surface area contributed by atoms with Crippen LogP contribution in [0, 0.1) is 0 Å². The first-order valence-electron chi connectivity index (χ1n) is 12.3. The van der Waals surface area contributed by atoms with Gasteiger partial charge in [-0.3, -0.25) is 14.7 Å². The van der Waals surface area contributed by atoms with E-state index in [1.165, 1.54) is 37.9 Å². The van der Waals surface area contributed by atoms with Gasteiger partial charge in [0, 0.05) is 36.8 Å². The highest BCUT2D eigenvalue weighted by Gasteiger charge is 2.23. The molecule has 8 heteroatoms. The SMILES string of the molecule is O=C(NCCCN1CCCCC1)c1cccc(CC(=O)N2CCc3c(cnc4[nH]ncc34)C2)c1. The van der Waals surface area contributed by atoms with Gasteiger partial charge in [-0.15, -0.1) is 0 Å². The molecular weight excluding hydrogens is 428 g/mol. The number of carbonyl (C=O) groups is 2. The number of benzene rings is 1. The van der Waals surface area contributed by atoms with E-state index in [0.29, 0.717) is 25.2 Å². The second-order valence-corrected chi connectivity index (χ2v) is 9.35. The van der Waals surface area contributed by atoms with Gasteiger partial charge >= 0.3 is 0 Å². The number of nitrogens with zero attached hydrogens (tertiary/aromatic N) is 4. The van der Waals surface area contributed by atoms with Gasteiger partial charge in [0.2, 0.25) is 5.91 Å². The van der Waals surface area contributed by atoms with Crippen LogP contribution in [-0.4, -0.2) is 69.5 Å². The lowest BCUT2D eigenvalue weighted by atomic mass is 9.98. The van der Waals surface area contributed by atoms with Crippen LogP contribution in [-0.2, 0) is 24.2 Å². The van der Waals surface area contributed by atoms with E-state index in [4.69, 9.17) is 0 Å². The summed E-state index contributed by atoms with van der Waals surface area (Å²) in [6, 6.07) is 7.43. The van der Waals surface area contributed by atoms with Crippen molar-refractivity contribution in [2.24, 2.45) is 0 Å². The third-order valence-electron chi connectivity index (χ3n) is 6.96. The van der Waals surface area contributed by atoms with Crippen molar-refractivity contribution in [3.63, 3.8) is 0 Å². The summed E-state index contributed by atoms with van der Waals surface area (Å²) in [6.07, 6.45) is 9.59. The van der Waals surface area contributed by atoms with Gasteiger partial charge in [-0.1, -0.05) is 18.6 Å². The third-order valence-corrected chi connectivity index (χ3v) is 6.96. The Hall–Kier alpha value is -3.26. The Morgan fingerprint density at radius 1 is 1.09 bits per heavy atom. The Kier molecular flexibility index (Phi) is 6.85. The van der Waals surface area contributed by atoms with E-state index >= 15 is 0 Å². The minimum atomic E-state index is -0.0740. The van der Waals surface area contributed by atoms with Crippen LogP contribution >= 0.6 is 0 Å². The van der Waals surface area contributed by atoms with Crippen LogP contribution in [0.15, 0.2) is 36.7 Å². The fourth-order valence-electron chi connectivity index (χ4n) is 5.07. The monoisotopic (exact) mass is 460 g/mol. The van der Waals surface area contributed by atoms with Gasteiger partial charge in [0.25, 0.3) is 5.91 Å². The highest BCUT2D eigenvalue weighted by molar-refractivity contribution is 5.94. The summed E-state index contributed by atoms with van der Waals surface area (Å²) in [5.74, 6) is -0.00734. The molecule has 0 unspecified atom stereocenters. The summed E-state index contributed by atoms with van der Waals surface area (Å²) in [6.45, 7) is 5.29. The van der Waals surface area contributed by atoms with Gasteiger partial charge in [-0.05, 0) is 74.1 Å². The Labute approximate surface area is 199 Å². The normalized spacial score (nSPS) is 16.4. The van der Waals surface area contributed by atoms with Crippen LogP contribution in [0.25, 0.3) is 11.0 Å². The lowest BCUT2D eigenvalue weighted by molar-refractivity contribution is -0.131. The molecule has 0 aliphatic carbocycles. The van der Waals surface area contributed by atoms with Gasteiger partial charge in [0.15, 0.2) is 5.65 Å². The molecule has 2 aromatic heterocycles. The summed E-state index contributed by atoms with van der Waals surface area (Å²) in [5.41, 5.74) is 4.56. The van der Waals surface area contributed by atoms with Crippen LogP contribution in [0.4, 0.5) is 0 Å². The number of hydrogen-bond donors (Lipinski definition) is 2. The molecule has 0 radical (unpaired) electrons. The van der Waals surface area contributed by atoms with Crippen LogP contribution in [0.1, 0.15) is 52.7 Å². The Morgan fingerprint density at radius 3 is 2.85 bits per heavy atom. The molecule has 2 aliphatic heterocycles. The molecule has 0 bridgehead atoms. The van der Waals surface area contributed by atoms with E-state index < -0.39 is 0 Å². The maximum Gasteiger partial charge on any atom is 0.251 e.